The van der Waals surface area contributed by atoms with E-state index in [1.165, 1.54) is 0 Å². The molecule has 6 N–H and O–H groups in total. The van der Waals surface area contributed by atoms with Gasteiger partial charge in [0.2, 0.25) is 11.5 Å². The lowest BCUT2D eigenvalue weighted by Crippen LogP contribution is -2.26. The molecule has 41 heavy (non-hydrogen) atoms. The van der Waals surface area contributed by atoms with Crippen molar-refractivity contribution in [2.45, 2.75) is 0 Å². The molecule has 7 rings (SSSR count). The van der Waals surface area contributed by atoms with Crippen LogP contribution in [0.25, 0.3) is 65.7 Å². The fourth-order valence-electron chi connectivity index (χ4n) is 5.75. The summed E-state index contributed by atoms with van der Waals surface area (Å²) in [5.41, 5.74) is 1.75. The molecule has 0 bridgehead atoms. The fourth-order valence-corrected chi connectivity index (χ4v) is 5.75. The summed E-state index contributed by atoms with van der Waals surface area (Å²) in [6.45, 7) is 0. The number of furan rings is 1. The number of phenols is 6. The van der Waals surface area contributed by atoms with Crippen molar-refractivity contribution in [2.75, 3.05) is 0 Å². The fraction of sp³-hybridized carbons (Fsp3) is 0. The van der Waals surface area contributed by atoms with Crippen LogP contribution in [0.2, 0.25) is 0 Å². The van der Waals surface area contributed by atoms with Gasteiger partial charge in [0.25, 0.3) is 0 Å². The minimum Gasteiger partial charge on any atom is -0.508 e. The van der Waals surface area contributed by atoms with Crippen LogP contribution < -0.4 is 10.9 Å². The summed E-state index contributed by atoms with van der Waals surface area (Å²) in [4.78, 5) is 0. The van der Waals surface area contributed by atoms with Gasteiger partial charge in [-0.3, -0.25) is 0 Å². The molecule has 7 aromatic rings. The van der Waals surface area contributed by atoms with E-state index in [0.717, 1.165) is 5.39 Å². The number of phenolic OH excluding ortho intramolecular Hbond substituents is 6. The highest BCUT2D eigenvalue weighted by Gasteiger charge is 2.30. The zero-order valence-corrected chi connectivity index (χ0v) is 21.2. The lowest BCUT2D eigenvalue weighted by atomic mass is 9.74. The summed E-state index contributed by atoms with van der Waals surface area (Å²) >= 11 is 0. The van der Waals surface area contributed by atoms with Crippen LogP contribution in [0.15, 0.2) is 77.2 Å². The van der Waals surface area contributed by atoms with Crippen molar-refractivity contribution < 1.29 is 35.1 Å². The zero-order valence-electron chi connectivity index (χ0n) is 21.2. The molecule has 0 amide bonds. The molecule has 7 nitrogen and oxygen atoms in total. The second-order valence-electron chi connectivity index (χ2n) is 9.84. The molecule has 0 aliphatic carbocycles. The van der Waals surface area contributed by atoms with Crippen LogP contribution in [0.5, 0.6) is 34.5 Å². The Kier molecular flexibility index (Phi) is 5.12. The Morgan fingerprint density at radius 3 is 1.54 bits per heavy atom. The summed E-state index contributed by atoms with van der Waals surface area (Å²) < 4.78 is 5.96. The molecule has 0 unspecified atom stereocenters. The lowest BCUT2D eigenvalue weighted by molar-refractivity contribution is 0.351. The molecular formula is C32H18B2O7. The van der Waals surface area contributed by atoms with E-state index in [9.17, 15) is 30.6 Å². The molecule has 0 aliphatic heterocycles. The van der Waals surface area contributed by atoms with E-state index in [1.54, 1.807) is 48.5 Å². The average Bonchev–Trinajstić information content (AvgIpc) is 3.37. The quantitative estimate of drug-likeness (QED) is 0.0789. The van der Waals surface area contributed by atoms with Crippen molar-refractivity contribution in [2.24, 2.45) is 0 Å². The molecule has 0 spiro atoms. The second kappa shape index (κ2) is 8.53. The predicted molar refractivity (Wildman–Crippen MR) is 160 cm³/mol. The predicted octanol–water partition coefficient (Wildman–Crippen LogP) is 5.05. The summed E-state index contributed by atoms with van der Waals surface area (Å²) in [7, 11) is 12.3. The van der Waals surface area contributed by atoms with Crippen molar-refractivity contribution in [3.63, 3.8) is 0 Å². The summed E-state index contributed by atoms with van der Waals surface area (Å²) in [5, 5.41) is 68.1. The Morgan fingerprint density at radius 2 is 0.927 bits per heavy atom. The molecule has 0 saturated heterocycles. The van der Waals surface area contributed by atoms with Gasteiger partial charge in [-0.05, 0) is 29.3 Å². The molecule has 1 aromatic heterocycles. The number of hydrogen-bond acceptors (Lipinski definition) is 7. The van der Waals surface area contributed by atoms with Gasteiger partial charge in [-0.25, -0.2) is 0 Å². The minimum atomic E-state index is -0.962. The van der Waals surface area contributed by atoms with Crippen LogP contribution in [0.3, 0.4) is 0 Å². The smallest absolute Gasteiger partial charge is 0.204 e. The third-order valence-electron chi connectivity index (χ3n) is 7.65. The van der Waals surface area contributed by atoms with E-state index in [4.69, 9.17) is 20.1 Å². The van der Waals surface area contributed by atoms with Crippen molar-refractivity contribution in [1.82, 2.24) is 0 Å². The van der Waals surface area contributed by atoms with Crippen LogP contribution in [0, 0.1) is 0 Å². The van der Waals surface area contributed by atoms with Crippen molar-refractivity contribution in [1.29, 1.82) is 0 Å². The lowest BCUT2D eigenvalue weighted by Gasteiger charge is -2.23. The molecule has 0 atom stereocenters. The first kappa shape index (κ1) is 24.6. The second-order valence-corrected chi connectivity index (χ2v) is 9.84. The number of para-hydroxylation sites is 1. The van der Waals surface area contributed by atoms with Crippen molar-refractivity contribution in [3.8, 4) is 56.8 Å². The number of aromatic hydroxyl groups is 6. The van der Waals surface area contributed by atoms with Gasteiger partial charge in [-0.2, -0.15) is 0 Å². The summed E-state index contributed by atoms with van der Waals surface area (Å²) in [6.07, 6.45) is 0. The highest BCUT2D eigenvalue weighted by atomic mass is 16.3. The number of rotatable bonds is 2. The molecule has 1 heterocycles. The van der Waals surface area contributed by atoms with E-state index in [-0.39, 0.29) is 43.6 Å². The molecule has 6 aromatic carbocycles. The van der Waals surface area contributed by atoms with E-state index < -0.39 is 34.5 Å². The Balaban J connectivity index is 1.81. The maximum Gasteiger partial charge on any atom is 0.204 e. The van der Waals surface area contributed by atoms with Crippen molar-refractivity contribution in [3.05, 3.63) is 72.8 Å². The number of benzene rings is 6. The summed E-state index contributed by atoms with van der Waals surface area (Å²) in [5.74, 6) is -4.37. The van der Waals surface area contributed by atoms with Crippen LogP contribution in [0.1, 0.15) is 0 Å². The molecule has 9 heteroatoms. The van der Waals surface area contributed by atoms with Crippen LogP contribution in [0.4, 0.5) is 0 Å². The standard InChI is InChI=1S/C32H18B2O7/c33-25-26(34)28(36)22-20(14-10-11-18-16(12-14)15-8-4-5-9-17(15)41-18)24-23(29(37)31(39)32(40)30(24)38)19(21(22)27(25)35)13-6-2-1-3-7-13/h1-12,35-40H. The third kappa shape index (κ3) is 3.23. The Hall–Kier alpha value is -5.43. The Morgan fingerprint density at radius 1 is 0.439 bits per heavy atom. The van der Waals surface area contributed by atoms with Gasteiger partial charge in [-0.1, -0.05) is 65.5 Å². The third-order valence-corrected chi connectivity index (χ3v) is 7.65. The van der Waals surface area contributed by atoms with Crippen molar-refractivity contribution >= 4 is 70.1 Å². The molecule has 0 saturated carbocycles. The van der Waals surface area contributed by atoms with Gasteiger partial charge < -0.3 is 35.1 Å². The molecule has 0 fully saturated rings. The molecule has 194 valence electrons. The van der Waals surface area contributed by atoms with E-state index in [0.29, 0.717) is 27.7 Å². The van der Waals surface area contributed by atoms with Gasteiger partial charge in [0, 0.05) is 43.4 Å². The Labute approximate surface area is 234 Å². The van der Waals surface area contributed by atoms with Gasteiger partial charge in [-0.15, -0.1) is 0 Å². The molecule has 4 radical (unpaired) electrons. The zero-order chi connectivity index (χ0) is 28.7. The maximum atomic E-state index is 11.5. The first-order chi connectivity index (χ1) is 19.7. The van der Waals surface area contributed by atoms with Gasteiger partial charge in [0.15, 0.2) is 11.5 Å². The number of hydrogen-bond donors (Lipinski definition) is 6. The summed E-state index contributed by atoms with van der Waals surface area (Å²) in [6, 6.07) is 21.1. The highest BCUT2D eigenvalue weighted by molar-refractivity contribution is 6.53. The Bertz CT molecular complexity index is 2160. The first-order valence-electron chi connectivity index (χ1n) is 12.6. The monoisotopic (exact) mass is 536 g/mol. The normalized spacial score (nSPS) is 11.7. The van der Waals surface area contributed by atoms with Gasteiger partial charge >= 0.3 is 0 Å². The van der Waals surface area contributed by atoms with E-state index in [2.05, 4.69) is 0 Å². The average molecular weight is 536 g/mol. The first-order valence-corrected chi connectivity index (χ1v) is 12.6. The molecule has 0 aliphatic rings. The van der Waals surface area contributed by atoms with Gasteiger partial charge in [0.1, 0.15) is 38.4 Å². The van der Waals surface area contributed by atoms with Crippen LogP contribution >= 0.6 is 0 Å². The van der Waals surface area contributed by atoms with Crippen LogP contribution in [-0.4, -0.2) is 46.3 Å². The van der Waals surface area contributed by atoms with E-state index in [1.807, 2.05) is 24.3 Å². The maximum absolute atomic E-state index is 11.5. The highest BCUT2D eigenvalue weighted by Crippen LogP contribution is 2.58. The minimum absolute atomic E-state index is 0.00694. The topological polar surface area (TPSA) is 135 Å². The SMILES string of the molecule is [B]c1c([B])c(O)c2c(-c3ccc4oc5ccccc5c4c3)c3c(O)c(O)c(O)c(O)c3c(-c3ccccc3)c2c1O. The van der Waals surface area contributed by atoms with Crippen LogP contribution in [-0.2, 0) is 0 Å². The van der Waals surface area contributed by atoms with Gasteiger partial charge in [0.05, 0.1) is 0 Å². The largest absolute Gasteiger partial charge is 0.508 e. The molecular weight excluding hydrogens is 518 g/mol. The number of fused-ring (bicyclic) bond motifs is 5. The van der Waals surface area contributed by atoms with E-state index >= 15 is 0 Å².